The molecule has 143 valence electrons. The van der Waals surface area contributed by atoms with Gasteiger partial charge >= 0.3 is 0 Å². The monoisotopic (exact) mass is 357 g/mol. The summed E-state index contributed by atoms with van der Waals surface area (Å²) in [4.78, 5) is 35.2. The number of aliphatic hydroxyl groups excluding tert-OH is 1. The van der Waals surface area contributed by atoms with Crippen LogP contribution in [0.1, 0.15) is 33.6 Å². The molecule has 9 N–H and O–H groups in total. The molecule has 0 aliphatic rings. The quantitative estimate of drug-likeness (QED) is 0.123. The molecule has 0 rings (SSSR count). The molecule has 10 heteroatoms. The average molecular weight is 357 g/mol. The largest absolute Gasteiger partial charge is 0.391 e. The van der Waals surface area contributed by atoms with Gasteiger partial charge in [0.05, 0.1) is 12.1 Å². The van der Waals surface area contributed by atoms with Crippen LogP contribution in [0.2, 0.25) is 0 Å². The molecule has 0 bridgehead atoms. The summed E-state index contributed by atoms with van der Waals surface area (Å²) in [6.45, 7) is 5.23. The summed E-state index contributed by atoms with van der Waals surface area (Å²) in [6.07, 6.45) is 1.31. The SMILES string of the molecule is CC(C)[C@H](NC(=O)[C@@H](N)CCCNC(=N)N)C(=O)N[C@H]([C]=O)[C@H](C)O. The van der Waals surface area contributed by atoms with E-state index in [4.69, 9.17) is 16.9 Å². The van der Waals surface area contributed by atoms with E-state index >= 15 is 0 Å². The molecule has 0 aromatic heterocycles. The Labute approximate surface area is 147 Å². The summed E-state index contributed by atoms with van der Waals surface area (Å²) >= 11 is 0. The number of nitrogens with two attached hydrogens (primary N) is 2. The smallest absolute Gasteiger partial charge is 0.243 e. The lowest BCUT2D eigenvalue weighted by molar-refractivity contribution is -0.131. The van der Waals surface area contributed by atoms with Gasteiger partial charge in [-0.25, -0.2) is 0 Å². The first-order valence-electron chi connectivity index (χ1n) is 8.10. The molecule has 0 saturated carbocycles. The standard InChI is InChI=1S/C15H29N6O4/c1-8(2)12(14(25)20-11(7-22)9(3)23)21-13(24)10(16)5-4-6-19-15(17)18/h8-12,23H,4-6,16H2,1-3H3,(H,20,25)(H,21,24)(H4,17,18,19)/t9-,10-,11+,12-/m0/s1. The van der Waals surface area contributed by atoms with Gasteiger partial charge in [-0.1, -0.05) is 13.8 Å². The fourth-order valence-corrected chi connectivity index (χ4v) is 1.96. The molecule has 0 spiro atoms. The van der Waals surface area contributed by atoms with Gasteiger partial charge in [-0.2, -0.15) is 0 Å². The molecule has 25 heavy (non-hydrogen) atoms. The Morgan fingerprint density at radius 3 is 2.24 bits per heavy atom. The predicted molar refractivity (Wildman–Crippen MR) is 93.2 cm³/mol. The minimum absolute atomic E-state index is 0.158. The molecule has 0 fully saturated rings. The zero-order chi connectivity index (χ0) is 19.6. The van der Waals surface area contributed by atoms with Gasteiger partial charge in [-0.3, -0.25) is 19.8 Å². The van der Waals surface area contributed by atoms with E-state index in [0.717, 1.165) is 0 Å². The van der Waals surface area contributed by atoms with Crippen molar-refractivity contribution in [2.24, 2.45) is 17.4 Å². The highest BCUT2D eigenvalue weighted by Crippen LogP contribution is 2.05. The van der Waals surface area contributed by atoms with Crippen molar-refractivity contribution in [3.05, 3.63) is 0 Å². The number of carbonyl (C=O) groups excluding carboxylic acids is 3. The van der Waals surface area contributed by atoms with Crippen LogP contribution in [0.5, 0.6) is 0 Å². The summed E-state index contributed by atoms with van der Waals surface area (Å²) in [5.41, 5.74) is 10.9. The lowest BCUT2D eigenvalue weighted by Crippen LogP contribution is -2.56. The van der Waals surface area contributed by atoms with E-state index in [1.165, 1.54) is 6.92 Å². The van der Waals surface area contributed by atoms with Gasteiger partial charge in [-0.15, -0.1) is 0 Å². The fraction of sp³-hybridized carbons (Fsp3) is 0.733. The Hall–Kier alpha value is -2.20. The zero-order valence-corrected chi connectivity index (χ0v) is 14.8. The molecule has 0 aliphatic carbocycles. The number of hydrogen-bond donors (Lipinski definition) is 7. The number of amides is 2. The third kappa shape index (κ3) is 9.01. The number of aliphatic hydroxyl groups is 1. The van der Waals surface area contributed by atoms with Crippen LogP contribution < -0.4 is 27.4 Å². The molecule has 4 atom stereocenters. The predicted octanol–water partition coefficient (Wildman–Crippen LogP) is -2.31. The third-order valence-electron chi connectivity index (χ3n) is 3.50. The van der Waals surface area contributed by atoms with E-state index < -0.39 is 36.0 Å². The van der Waals surface area contributed by atoms with Crippen LogP contribution in [0.3, 0.4) is 0 Å². The highest BCUT2D eigenvalue weighted by Gasteiger charge is 2.29. The lowest BCUT2D eigenvalue weighted by Gasteiger charge is -2.25. The first-order valence-corrected chi connectivity index (χ1v) is 8.10. The van der Waals surface area contributed by atoms with Crippen molar-refractivity contribution < 1.29 is 19.5 Å². The van der Waals surface area contributed by atoms with E-state index in [0.29, 0.717) is 19.4 Å². The van der Waals surface area contributed by atoms with Gasteiger partial charge in [0.15, 0.2) is 5.96 Å². The minimum atomic E-state index is -1.17. The zero-order valence-electron chi connectivity index (χ0n) is 14.8. The van der Waals surface area contributed by atoms with E-state index in [1.807, 2.05) is 0 Å². The van der Waals surface area contributed by atoms with Crippen molar-refractivity contribution >= 4 is 24.1 Å². The second kappa shape index (κ2) is 11.4. The van der Waals surface area contributed by atoms with Gasteiger partial charge in [0.25, 0.3) is 0 Å². The number of rotatable bonds is 11. The first kappa shape index (κ1) is 22.8. The molecular formula is C15H29N6O4. The summed E-state index contributed by atoms with van der Waals surface area (Å²) in [5.74, 6) is -1.51. The summed E-state index contributed by atoms with van der Waals surface area (Å²) in [6, 6.07) is -2.89. The Morgan fingerprint density at radius 2 is 1.80 bits per heavy atom. The molecule has 0 heterocycles. The summed E-state index contributed by atoms with van der Waals surface area (Å²) in [5, 5.41) is 23.9. The van der Waals surface area contributed by atoms with Crippen LogP contribution in [0, 0.1) is 11.3 Å². The summed E-state index contributed by atoms with van der Waals surface area (Å²) in [7, 11) is 0. The molecule has 0 unspecified atom stereocenters. The van der Waals surface area contributed by atoms with E-state index in [-0.39, 0.29) is 11.9 Å². The fourth-order valence-electron chi connectivity index (χ4n) is 1.96. The van der Waals surface area contributed by atoms with Crippen molar-refractivity contribution in [2.75, 3.05) is 6.54 Å². The molecule has 0 aromatic rings. The van der Waals surface area contributed by atoms with Gasteiger partial charge in [0.1, 0.15) is 12.1 Å². The molecule has 0 aliphatic heterocycles. The Morgan fingerprint density at radius 1 is 1.20 bits per heavy atom. The van der Waals surface area contributed by atoms with Gasteiger partial charge < -0.3 is 32.5 Å². The van der Waals surface area contributed by atoms with Crippen molar-refractivity contribution in [3.63, 3.8) is 0 Å². The normalized spacial score (nSPS) is 15.6. The van der Waals surface area contributed by atoms with Crippen molar-refractivity contribution in [1.29, 1.82) is 5.41 Å². The first-order chi connectivity index (χ1) is 11.6. The number of guanidine groups is 1. The minimum Gasteiger partial charge on any atom is -0.391 e. The van der Waals surface area contributed by atoms with Crippen molar-refractivity contribution in [2.45, 2.75) is 57.8 Å². The van der Waals surface area contributed by atoms with Gasteiger partial charge in [0, 0.05) is 6.54 Å². The molecular weight excluding hydrogens is 328 g/mol. The molecule has 0 saturated heterocycles. The van der Waals surface area contributed by atoms with Crippen LogP contribution in [-0.2, 0) is 14.4 Å². The number of hydrogen-bond acceptors (Lipinski definition) is 6. The van der Waals surface area contributed by atoms with Crippen LogP contribution in [0.25, 0.3) is 0 Å². The maximum atomic E-state index is 12.2. The van der Waals surface area contributed by atoms with Crippen LogP contribution in [-0.4, -0.2) is 59.9 Å². The van der Waals surface area contributed by atoms with Gasteiger partial charge in [-0.05, 0) is 25.7 Å². The van der Waals surface area contributed by atoms with Crippen LogP contribution >= 0.6 is 0 Å². The van der Waals surface area contributed by atoms with E-state index in [9.17, 15) is 19.5 Å². The molecule has 10 nitrogen and oxygen atoms in total. The third-order valence-corrected chi connectivity index (χ3v) is 3.50. The Bertz CT molecular complexity index is 469. The maximum Gasteiger partial charge on any atom is 0.243 e. The van der Waals surface area contributed by atoms with E-state index in [2.05, 4.69) is 16.0 Å². The van der Waals surface area contributed by atoms with Crippen molar-refractivity contribution in [3.8, 4) is 0 Å². The molecule has 2 amide bonds. The Kier molecular flexibility index (Phi) is 10.4. The Balaban J connectivity index is 4.63. The van der Waals surface area contributed by atoms with Crippen molar-refractivity contribution in [1.82, 2.24) is 16.0 Å². The number of carbonyl (C=O) groups is 2. The second-order valence-corrected chi connectivity index (χ2v) is 6.16. The lowest BCUT2D eigenvalue weighted by atomic mass is 10.0. The highest BCUT2D eigenvalue weighted by atomic mass is 16.3. The molecule has 1 radical (unpaired) electrons. The van der Waals surface area contributed by atoms with E-state index in [1.54, 1.807) is 20.1 Å². The second-order valence-electron chi connectivity index (χ2n) is 6.16. The maximum absolute atomic E-state index is 12.2. The van der Waals surface area contributed by atoms with Gasteiger partial charge in [0.2, 0.25) is 18.1 Å². The summed E-state index contributed by atoms with van der Waals surface area (Å²) < 4.78 is 0. The molecule has 0 aromatic carbocycles. The van der Waals surface area contributed by atoms with Crippen LogP contribution in [0.15, 0.2) is 0 Å². The average Bonchev–Trinajstić information content (AvgIpc) is 2.52. The number of nitrogens with one attached hydrogen (secondary N) is 4. The highest BCUT2D eigenvalue weighted by molar-refractivity contribution is 5.91. The van der Waals surface area contributed by atoms with Crippen LogP contribution in [0.4, 0.5) is 0 Å². The topological polar surface area (TPSA) is 183 Å².